The van der Waals surface area contributed by atoms with Gasteiger partial charge in [-0.25, -0.2) is 9.59 Å². The fourth-order valence-corrected chi connectivity index (χ4v) is 1.57. The van der Waals surface area contributed by atoms with Crippen LogP contribution in [-0.2, 0) is 15.9 Å². The Morgan fingerprint density at radius 3 is 2.00 bits per heavy atom. The number of aliphatic hydroxyl groups excluding tert-OH is 1. The molecule has 0 aliphatic carbocycles. The summed E-state index contributed by atoms with van der Waals surface area (Å²) in [5.41, 5.74) is 0.333. The van der Waals surface area contributed by atoms with E-state index in [1.807, 2.05) is 0 Å². The van der Waals surface area contributed by atoms with Crippen LogP contribution in [0.2, 0.25) is 0 Å². The molecular formula is C12H13NO7. The summed E-state index contributed by atoms with van der Waals surface area (Å²) < 4.78 is 9.05. The lowest BCUT2D eigenvalue weighted by Crippen LogP contribution is -2.21. The molecule has 0 saturated heterocycles. The lowest BCUT2D eigenvalue weighted by atomic mass is 10.0. The number of rotatable bonds is 5. The third-order valence-electron chi connectivity index (χ3n) is 2.50. The van der Waals surface area contributed by atoms with Crippen molar-refractivity contribution in [3.63, 3.8) is 0 Å². The highest BCUT2D eigenvalue weighted by Gasteiger charge is 2.19. The highest BCUT2D eigenvalue weighted by molar-refractivity contribution is 5.95. The van der Waals surface area contributed by atoms with Crippen molar-refractivity contribution < 1.29 is 29.1 Å². The van der Waals surface area contributed by atoms with Crippen LogP contribution in [0.5, 0.6) is 0 Å². The van der Waals surface area contributed by atoms with Gasteiger partial charge in [0.25, 0.3) is 0 Å². The minimum atomic E-state index is -1.83. The second-order valence-corrected chi connectivity index (χ2v) is 3.87. The van der Waals surface area contributed by atoms with Crippen molar-refractivity contribution in [2.45, 2.75) is 12.6 Å². The second-order valence-electron chi connectivity index (χ2n) is 3.87. The minimum Gasteiger partial charge on any atom is -0.465 e. The first-order valence-electron chi connectivity index (χ1n) is 5.51. The first kappa shape index (κ1) is 15.6. The van der Waals surface area contributed by atoms with Crippen LogP contribution in [0.15, 0.2) is 18.2 Å². The second kappa shape index (κ2) is 6.62. The standard InChI is InChI=1S/C12H13NO7/c1-19-11(15)8-3-7(5-10(14)13(17)18)4-9(6-8)12(16)20-2/h3-4,6,10,14H,5H2,1-2H3. The van der Waals surface area contributed by atoms with Gasteiger partial charge in [0.05, 0.1) is 36.7 Å². The van der Waals surface area contributed by atoms with Crippen molar-refractivity contribution in [1.29, 1.82) is 0 Å². The van der Waals surface area contributed by atoms with E-state index in [1.54, 1.807) is 0 Å². The zero-order chi connectivity index (χ0) is 15.3. The van der Waals surface area contributed by atoms with Gasteiger partial charge in [-0.2, -0.15) is 0 Å². The number of esters is 2. The molecular weight excluding hydrogens is 270 g/mol. The van der Waals surface area contributed by atoms with E-state index in [4.69, 9.17) is 0 Å². The van der Waals surface area contributed by atoms with Gasteiger partial charge in [-0.1, -0.05) is 0 Å². The van der Waals surface area contributed by atoms with E-state index < -0.39 is 23.1 Å². The number of carbonyl (C=O) groups excluding carboxylic acids is 2. The predicted molar refractivity (Wildman–Crippen MR) is 65.8 cm³/mol. The van der Waals surface area contributed by atoms with E-state index in [1.165, 1.54) is 32.4 Å². The van der Waals surface area contributed by atoms with E-state index in [0.717, 1.165) is 0 Å². The molecule has 1 aromatic carbocycles. The molecule has 1 rings (SSSR count). The lowest BCUT2D eigenvalue weighted by Gasteiger charge is -2.08. The topological polar surface area (TPSA) is 116 Å². The zero-order valence-corrected chi connectivity index (χ0v) is 10.9. The van der Waals surface area contributed by atoms with Crippen LogP contribution in [0.1, 0.15) is 26.3 Å². The third-order valence-corrected chi connectivity index (χ3v) is 2.50. The monoisotopic (exact) mass is 283 g/mol. The summed E-state index contributed by atoms with van der Waals surface area (Å²) in [6.07, 6.45) is -2.17. The fourth-order valence-electron chi connectivity index (χ4n) is 1.57. The van der Waals surface area contributed by atoms with Gasteiger partial charge in [0, 0.05) is 0 Å². The average molecular weight is 283 g/mol. The summed E-state index contributed by atoms with van der Waals surface area (Å²) in [5.74, 6) is -1.40. The van der Waals surface area contributed by atoms with E-state index in [9.17, 15) is 24.8 Å². The summed E-state index contributed by atoms with van der Waals surface area (Å²) >= 11 is 0. The molecule has 1 unspecified atom stereocenters. The minimum absolute atomic E-state index is 0.0425. The third kappa shape index (κ3) is 3.75. The van der Waals surface area contributed by atoms with E-state index in [0.29, 0.717) is 0 Å². The van der Waals surface area contributed by atoms with Crippen LogP contribution in [0.4, 0.5) is 0 Å². The molecule has 0 radical (unpaired) electrons. The molecule has 0 saturated carbocycles. The molecule has 1 atom stereocenters. The molecule has 8 heteroatoms. The Morgan fingerprint density at radius 1 is 1.20 bits per heavy atom. The Balaban J connectivity index is 3.19. The van der Waals surface area contributed by atoms with Crippen LogP contribution in [0, 0.1) is 10.1 Å². The van der Waals surface area contributed by atoms with Gasteiger partial charge in [0.2, 0.25) is 0 Å². The molecule has 0 heterocycles. The van der Waals surface area contributed by atoms with Gasteiger partial charge in [-0.15, -0.1) is 0 Å². The number of methoxy groups -OCH3 is 2. The smallest absolute Gasteiger partial charge is 0.337 e. The van der Waals surface area contributed by atoms with Crippen molar-refractivity contribution in [2.24, 2.45) is 0 Å². The molecule has 108 valence electrons. The van der Waals surface area contributed by atoms with Crippen LogP contribution in [0.25, 0.3) is 0 Å². The molecule has 0 fully saturated rings. The molecule has 0 amide bonds. The summed E-state index contributed by atoms with van der Waals surface area (Å²) in [6, 6.07) is 3.87. The highest BCUT2D eigenvalue weighted by atomic mass is 16.7. The normalized spacial score (nSPS) is 11.6. The lowest BCUT2D eigenvalue weighted by molar-refractivity contribution is -0.569. The molecule has 0 aromatic heterocycles. The number of ether oxygens (including phenoxy) is 2. The van der Waals surface area contributed by atoms with E-state index in [-0.39, 0.29) is 23.1 Å². The molecule has 1 aromatic rings. The zero-order valence-electron chi connectivity index (χ0n) is 10.9. The Kier molecular flexibility index (Phi) is 5.15. The van der Waals surface area contributed by atoms with Gasteiger partial charge in [-0.05, 0) is 23.8 Å². The Hall–Kier alpha value is -2.48. The first-order valence-corrected chi connectivity index (χ1v) is 5.51. The van der Waals surface area contributed by atoms with Gasteiger partial charge in [0.15, 0.2) is 0 Å². The molecule has 0 aliphatic heterocycles. The van der Waals surface area contributed by atoms with Crippen molar-refractivity contribution >= 4 is 11.9 Å². The van der Waals surface area contributed by atoms with Crippen LogP contribution >= 0.6 is 0 Å². The number of aliphatic hydroxyl groups is 1. The summed E-state index contributed by atoms with van der Waals surface area (Å²) in [5, 5.41) is 19.6. The molecule has 20 heavy (non-hydrogen) atoms. The van der Waals surface area contributed by atoms with Crippen LogP contribution in [0.3, 0.4) is 0 Å². The van der Waals surface area contributed by atoms with Crippen molar-refractivity contribution in [3.8, 4) is 0 Å². The van der Waals surface area contributed by atoms with Crippen molar-refractivity contribution in [1.82, 2.24) is 0 Å². The molecule has 0 spiro atoms. The van der Waals surface area contributed by atoms with Crippen LogP contribution < -0.4 is 0 Å². The Morgan fingerprint density at radius 2 is 1.65 bits per heavy atom. The highest BCUT2D eigenvalue weighted by Crippen LogP contribution is 2.14. The Bertz CT molecular complexity index is 506. The number of carbonyl (C=O) groups is 2. The quantitative estimate of drug-likeness (QED) is 0.359. The number of benzene rings is 1. The number of hydrogen-bond acceptors (Lipinski definition) is 7. The average Bonchev–Trinajstić information content (AvgIpc) is 2.44. The van der Waals surface area contributed by atoms with Crippen molar-refractivity contribution in [3.05, 3.63) is 45.0 Å². The summed E-state index contributed by atoms with van der Waals surface area (Å²) in [4.78, 5) is 32.5. The van der Waals surface area contributed by atoms with Crippen molar-refractivity contribution in [2.75, 3.05) is 14.2 Å². The SMILES string of the molecule is COC(=O)c1cc(CC(O)[N+](=O)[O-])cc(C(=O)OC)c1. The predicted octanol–water partition coefficient (Wildman–Crippen LogP) is 0.397. The largest absolute Gasteiger partial charge is 0.465 e. The molecule has 1 N–H and O–H groups in total. The van der Waals surface area contributed by atoms with E-state index in [2.05, 4.69) is 9.47 Å². The molecule has 0 aliphatic rings. The Labute approximate surface area is 114 Å². The maximum atomic E-state index is 11.5. The fraction of sp³-hybridized carbons (Fsp3) is 0.333. The van der Waals surface area contributed by atoms with Crippen LogP contribution in [-0.4, -0.2) is 42.4 Å². The summed E-state index contributed by atoms with van der Waals surface area (Å²) in [6.45, 7) is 0. The molecule has 0 bridgehead atoms. The summed E-state index contributed by atoms with van der Waals surface area (Å²) in [7, 11) is 2.33. The maximum Gasteiger partial charge on any atom is 0.337 e. The number of nitro groups is 1. The first-order chi connectivity index (χ1) is 9.38. The maximum absolute atomic E-state index is 11.5. The molecule has 8 nitrogen and oxygen atoms in total. The van der Waals surface area contributed by atoms with Gasteiger partial charge in [-0.3, -0.25) is 10.1 Å². The van der Waals surface area contributed by atoms with Gasteiger partial charge in [0.1, 0.15) is 0 Å². The number of nitrogens with zero attached hydrogens (tertiary/aromatic N) is 1. The van der Waals surface area contributed by atoms with Gasteiger partial charge < -0.3 is 14.6 Å². The van der Waals surface area contributed by atoms with E-state index >= 15 is 0 Å². The number of hydrogen-bond donors (Lipinski definition) is 1. The van der Waals surface area contributed by atoms with Gasteiger partial charge >= 0.3 is 18.2 Å².